The molecule has 0 spiro atoms. The molecule has 1 rings (SSSR count). The third-order valence-electron chi connectivity index (χ3n) is 2.90. The monoisotopic (exact) mass is 289 g/mol. The van der Waals surface area contributed by atoms with E-state index in [2.05, 4.69) is 4.90 Å². The number of sulfone groups is 1. The molecular formula is C13H20ClNO2S. The number of benzene rings is 1. The normalized spacial score (nSPS) is 13.8. The highest BCUT2D eigenvalue weighted by Crippen LogP contribution is 2.18. The Kier molecular flexibility index (Phi) is 5.63. The Hall–Kier alpha value is -0.580. The fourth-order valence-corrected chi connectivity index (χ4v) is 3.25. The molecule has 0 aliphatic carbocycles. The highest BCUT2D eigenvalue weighted by molar-refractivity contribution is 7.90. The summed E-state index contributed by atoms with van der Waals surface area (Å²) in [6, 6.07) is 7.64. The molecule has 0 N–H and O–H groups in total. The van der Waals surface area contributed by atoms with Crippen LogP contribution in [0.5, 0.6) is 0 Å². The van der Waals surface area contributed by atoms with Gasteiger partial charge in [-0.1, -0.05) is 36.7 Å². The number of hydrogen-bond acceptors (Lipinski definition) is 3. The maximum atomic E-state index is 11.3. The van der Waals surface area contributed by atoms with E-state index in [-0.39, 0.29) is 11.8 Å². The molecule has 0 fully saturated rings. The van der Waals surface area contributed by atoms with E-state index in [0.29, 0.717) is 6.54 Å². The van der Waals surface area contributed by atoms with Gasteiger partial charge in [0.2, 0.25) is 0 Å². The molecule has 0 radical (unpaired) electrons. The van der Waals surface area contributed by atoms with Crippen molar-refractivity contribution in [2.45, 2.75) is 26.4 Å². The summed E-state index contributed by atoms with van der Waals surface area (Å²) in [5.41, 5.74) is 1.03. The van der Waals surface area contributed by atoms with Crippen LogP contribution >= 0.6 is 11.6 Å². The van der Waals surface area contributed by atoms with Gasteiger partial charge in [0.1, 0.15) is 9.84 Å². The molecule has 102 valence electrons. The maximum Gasteiger partial charge on any atom is 0.148 e. The van der Waals surface area contributed by atoms with Crippen molar-refractivity contribution in [3.05, 3.63) is 34.9 Å². The average molecular weight is 290 g/mol. The van der Waals surface area contributed by atoms with E-state index in [1.807, 2.05) is 38.1 Å². The van der Waals surface area contributed by atoms with Gasteiger partial charge in [-0.15, -0.1) is 0 Å². The second-order valence-corrected chi connectivity index (χ2v) is 7.19. The van der Waals surface area contributed by atoms with Crippen molar-refractivity contribution in [3.63, 3.8) is 0 Å². The lowest BCUT2D eigenvalue weighted by Gasteiger charge is -2.27. The number of rotatable bonds is 6. The highest BCUT2D eigenvalue weighted by Gasteiger charge is 2.18. The van der Waals surface area contributed by atoms with Crippen LogP contribution in [0.4, 0.5) is 0 Å². The van der Waals surface area contributed by atoms with Crippen LogP contribution < -0.4 is 0 Å². The second-order valence-electron chi connectivity index (χ2n) is 4.60. The van der Waals surface area contributed by atoms with Crippen LogP contribution in [0.2, 0.25) is 5.02 Å². The molecule has 3 nitrogen and oxygen atoms in total. The Morgan fingerprint density at radius 1 is 1.33 bits per heavy atom. The van der Waals surface area contributed by atoms with E-state index in [1.165, 1.54) is 6.26 Å². The van der Waals surface area contributed by atoms with Gasteiger partial charge in [0, 0.05) is 23.9 Å². The molecule has 0 bridgehead atoms. The number of hydrogen-bond donors (Lipinski definition) is 0. The summed E-state index contributed by atoms with van der Waals surface area (Å²) in [6.45, 7) is 5.42. The Bertz CT molecular complexity index is 488. The van der Waals surface area contributed by atoms with Crippen molar-refractivity contribution in [3.8, 4) is 0 Å². The smallest absolute Gasteiger partial charge is 0.148 e. The summed E-state index contributed by atoms with van der Waals surface area (Å²) in [5, 5.41) is 0.725. The first-order valence-electron chi connectivity index (χ1n) is 5.98. The van der Waals surface area contributed by atoms with E-state index in [4.69, 9.17) is 11.6 Å². The van der Waals surface area contributed by atoms with Gasteiger partial charge in [0.15, 0.2) is 0 Å². The van der Waals surface area contributed by atoms with Crippen molar-refractivity contribution < 1.29 is 8.42 Å². The van der Waals surface area contributed by atoms with Crippen molar-refractivity contribution in [2.75, 3.05) is 18.6 Å². The van der Waals surface area contributed by atoms with Crippen LogP contribution in [0.15, 0.2) is 24.3 Å². The lowest BCUT2D eigenvalue weighted by molar-refractivity contribution is 0.226. The maximum absolute atomic E-state index is 11.3. The zero-order valence-corrected chi connectivity index (χ0v) is 12.6. The molecule has 0 amide bonds. The fourth-order valence-electron chi connectivity index (χ4n) is 1.97. The molecule has 0 aromatic heterocycles. The summed E-state index contributed by atoms with van der Waals surface area (Å²) in [4.78, 5) is 2.11. The van der Waals surface area contributed by atoms with Gasteiger partial charge in [0.05, 0.1) is 5.75 Å². The largest absolute Gasteiger partial charge is 0.296 e. The lowest BCUT2D eigenvalue weighted by Crippen LogP contribution is -2.37. The predicted octanol–water partition coefficient (Wildman–Crippen LogP) is 2.60. The Labute approximate surface area is 115 Å². The molecule has 5 heteroatoms. The van der Waals surface area contributed by atoms with Crippen LogP contribution in [-0.4, -0.2) is 37.9 Å². The highest BCUT2D eigenvalue weighted by atomic mass is 35.5. The van der Waals surface area contributed by atoms with Gasteiger partial charge in [-0.3, -0.25) is 4.90 Å². The minimum Gasteiger partial charge on any atom is -0.296 e. The molecule has 1 atom stereocenters. The second kappa shape index (κ2) is 6.55. The van der Waals surface area contributed by atoms with Crippen LogP contribution in [0.1, 0.15) is 19.4 Å². The quantitative estimate of drug-likeness (QED) is 0.808. The summed E-state index contributed by atoms with van der Waals surface area (Å²) in [7, 11) is -2.96. The number of halogens is 1. The molecule has 0 saturated heterocycles. The molecule has 1 aromatic carbocycles. The Balaban J connectivity index is 2.76. The van der Waals surface area contributed by atoms with Crippen molar-refractivity contribution >= 4 is 21.4 Å². The molecule has 0 saturated carbocycles. The van der Waals surface area contributed by atoms with Crippen molar-refractivity contribution in [2.24, 2.45) is 0 Å². The summed E-state index contributed by atoms with van der Waals surface area (Å²) in [5.74, 6) is 0.172. The zero-order valence-electron chi connectivity index (χ0n) is 11.1. The van der Waals surface area contributed by atoms with Crippen LogP contribution in [0.25, 0.3) is 0 Å². The van der Waals surface area contributed by atoms with E-state index in [0.717, 1.165) is 17.1 Å². The molecule has 0 heterocycles. The number of nitrogens with zero attached hydrogens (tertiary/aromatic N) is 1. The zero-order chi connectivity index (χ0) is 13.8. The topological polar surface area (TPSA) is 37.4 Å². The molecule has 0 aliphatic rings. The van der Waals surface area contributed by atoms with E-state index in [9.17, 15) is 8.42 Å². The third-order valence-corrected chi connectivity index (χ3v) is 4.36. The first-order chi connectivity index (χ1) is 8.33. The molecular weight excluding hydrogens is 270 g/mol. The molecule has 0 aliphatic heterocycles. The standard InChI is InChI=1S/C13H20ClNO2S/c1-4-15(11(2)10-18(3,16)17)9-12-7-5-6-8-13(12)14/h5-8,11H,4,9-10H2,1-3H3/t11-/m1/s1. The fraction of sp³-hybridized carbons (Fsp3) is 0.538. The van der Waals surface area contributed by atoms with Crippen molar-refractivity contribution in [1.29, 1.82) is 0 Å². The third kappa shape index (κ3) is 4.96. The molecule has 1 aromatic rings. The SMILES string of the molecule is CCN(Cc1ccccc1Cl)[C@H](C)CS(C)(=O)=O. The summed E-state index contributed by atoms with van der Waals surface area (Å²) < 4.78 is 22.7. The van der Waals surface area contributed by atoms with E-state index in [1.54, 1.807) is 0 Å². The van der Waals surface area contributed by atoms with Gasteiger partial charge < -0.3 is 0 Å². The predicted molar refractivity (Wildman–Crippen MR) is 76.7 cm³/mol. The minimum atomic E-state index is -2.96. The molecule has 0 unspecified atom stereocenters. The van der Waals surface area contributed by atoms with Gasteiger partial charge >= 0.3 is 0 Å². The molecule has 18 heavy (non-hydrogen) atoms. The average Bonchev–Trinajstić information content (AvgIpc) is 2.25. The Morgan fingerprint density at radius 3 is 2.44 bits per heavy atom. The van der Waals surface area contributed by atoms with E-state index < -0.39 is 9.84 Å². The summed E-state index contributed by atoms with van der Waals surface area (Å²) >= 11 is 6.12. The summed E-state index contributed by atoms with van der Waals surface area (Å²) in [6.07, 6.45) is 1.27. The van der Waals surface area contributed by atoms with Crippen molar-refractivity contribution in [1.82, 2.24) is 4.90 Å². The van der Waals surface area contributed by atoms with Crippen LogP contribution in [0.3, 0.4) is 0 Å². The van der Waals surface area contributed by atoms with Gasteiger partial charge in [-0.25, -0.2) is 8.42 Å². The van der Waals surface area contributed by atoms with Gasteiger partial charge in [0.25, 0.3) is 0 Å². The van der Waals surface area contributed by atoms with Crippen LogP contribution in [0, 0.1) is 0 Å². The van der Waals surface area contributed by atoms with Gasteiger partial charge in [-0.05, 0) is 25.1 Å². The first-order valence-corrected chi connectivity index (χ1v) is 8.42. The lowest BCUT2D eigenvalue weighted by atomic mass is 10.2. The minimum absolute atomic E-state index is 0.0127. The first kappa shape index (κ1) is 15.5. The van der Waals surface area contributed by atoms with E-state index >= 15 is 0 Å². The van der Waals surface area contributed by atoms with Gasteiger partial charge in [-0.2, -0.15) is 0 Å². The Morgan fingerprint density at radius 2 is 1.94 bits per heavy atom. The van der Waals surface area contributed by atoms with Crippen LogP contribution in [-0.2, 0) is 16.4 Å².